The SMILES string of the molecule is [N-]=[N+]=NCCCNC(=O)/C=C/c1ccc2c(c1)OCO2. The molecule has 104 valence electrons. The van der Waals surface area contributed by atoms with Crippen molar-refractivity contribution in [3.05, 3.63) is 40.3 Å². The van der Waals surface area contributed by atoms with E-state index in [1.807, 2.05) is 12.1 Å². The number of hydrogen-bond acceptors (Lipinski definition) is 4. The van der Waals surface area contributed by atoms with Gasteiger partial charge < -0.3 is 14.8 Å². The smallest absolute Gasteiger partial charge is 0.243 e. The van der Waals surface area contributed by atoms with E-state index in [0.29, 0.717) is 31.0 Å². The Kier molecular flexibility index (Phi) is 4.86. The van der Waals surface area contributed by atoms with Crippen molar-refractivity contribution >= 4 is 12.0 Å². The molecule has 7 nitrogen and oxygen atoms in total. The molecule has 1 amide bonds. The second kappa shape index (κ2) is 7.06. The standard InChI is InChI=1S/C13H14N4O3/c14-17-16-7-1-6-15-13(18)5-3-10-2-4-11-12(8-10)20-9-19-11/h2-5,8H,1,6-7,9H2,(H,15,18)/b5-3+. The Hall–Kier alpha value is -2.66. The zero-order valence-corrected chi connectivity index (χ0v) is 10.8. The molecule has 0 aliphatic carbocycles. The molecule has 20 heavy (non-hydrogen) atoms. The van der Waals surface area contributed by atoms with Crippen molar-refractivity contribution in [2.24, 2.45) is 5.11 Å². The van der Waals surface area contributed by atoms with Crippen molar-refractivity contribution in [2.45, 2.75) is 6.42 Å². The summed E-state index contributed by atoms with van der Waals surface area (Å²) >= 11 is 0. The predicted octanol–water partition coefficient (Wildman–Crippen LogP) is 2.25. The molecule has 0 saturated carbocycles. The van der Waals surface area contributed by atoms with Crippen molar-refractivity contribution in [3.8, 4) is 11.5 Å². The molecule has 1 N–H and O–H groups in total. The third-order valence-corrected chi connectivity index (χ3v) is 2.62. The lowest BCUT2D eigenvalue weighted by molar-refractivity contribution is -0.116. The summed E-state index contributed by atoms with van der Waals surface area (Å²) in [5.74, 6) is 1.20. The first-order chi connectivity index (χ1) is 9.79. The summed E-state index contributed by atoms with van der Waals surface area (Å²) < 4.78 is 10.5. The monoisotopic (exact) mass is 274 g/mol. The van der Waals surface area contributed by atoms with Crippen LogP contribution >= 0.6 is 0 Å². The van der Waals surface area contributed by atoms with Gasteiger partial charge in [-0.3, -0.25) is 4.79 Å². The molecule has 0 atom stereocenters. The lowest BCUT2D eigenvalue weighted by Crippen LogP contribution is -2.22. The average Bonchev–Trinajstić information content (AvgIpc) is 2.92. The molecule has 7 heteroatoms. The second-order valence-electron chi connectivity index (χ2n) is 4.05. The van der Waals surface area contributed by atoms with Crippen LogP contribution in [0, 0.1) is 0 Å². The number of rotatable bonds is 6. The number of ether oxygens (including phenoxy) is 2. The number of benzene rings is 1. The van der Waals surface area contributed by atoms with Crippen LogP contribution in [-0.2, 0) is 4.79 Å². The molecule has 1 heterocycles. The summed E-state index contributed by atoms with van der Waals surface area (Å²) in [4.78, 5) is 14.2. The fourth-order valence-electron chi connectivity index (χ4n) is 1.65. The number of carbonyl (C=O) groups excluding carboxylic acids is 1. The molecule has 0 radical (unpaired) electrons. The van der Waals surface area contributed by atoms with E-state index in [1.54, 1.807) is 12.1 Å². The van der Waals surface area contributed by atoms with Gasteiger partial charge in [0.15, 0.2) is 11.5 Å². The van der Waals surface area contributed by atoms with E-state index in [4.69, 9.17) is 15.0 Å². The van der Waals surface area contributed by atoms with Crippen LogP contribution in [0.15, 0.2) is 29.4 Å². The molecule has 0 fully saturated rings. The number of nitrogens with zero attached hydrogens (tertiary/aromatic N) is 3. The van der Waals surface area contributed by atoms with Crippen LogP contribution in [0.4, 0.5) is 0 Å². The lowest BCUT2D eigenvalue weighted by Gasteiger charge is -2.00. The van der Waals surface area contributed by atoms with E-state index in [2.05, 4.69) is 15.3 Å². The van der Waals surface area contributed by atoms with E-state index in [0.717, 1.165) is 5.56 Å². The fourth-order valence-corrected chi connectivity index (χ4v) is 1.65. The molecule has 1 aromatic carbocycles. The third-order valence-electron chi connectivity index (χ3n) is 2.62. The van der Waals surface area contributed by atoms with Crippen LogP contribution in [0.25, 0.3) is 16.5 Å². The van der Waals surface area contributed by atoms with Crippen LogP contribution in [0.3, 0.4) is 0 Å². The quantitative estimate of drug-likeness (QED) is 0.283. The van der Waals surface area contributed by atoms with E-state index in [-0.39, 0.29) is 12.7 Å². The Balaban J connectivity index is 1.80. The van der Waals surface area contributed by atoms with Gasteiger partial charge in [-0.05, 0) is 35.7 Å². The largest absolute Gasteiger partial charge is 0.454 e. The fraction of sp³-hybridized carbons (Fsp3) is 0.308. The van der Waals surface area contributed by atoms with Crippen LogP contribution in [-0.4, -0.2) is 25.8 Å². The second-order valence-corrected chi connectivity index (χ2v) is 4.05. The van der Waals surface area contributed by atoms with Gasteiger partial charge >= 0.3 is 0 Å². The van der Waals surface area contributed by atoms with Gasteiger partial charge in [-0.15, -0.1) is 0 Å². The molecule has 0 saturated heterocycles. The number of carbonyl (C=O) groups is 1. The number of azide groups is 1. The summed E-state index contributed by atoms with van der Waals surface area (Å²) in [6.45, 7) is 1.08. The maximum Gasteiger partial charge on any atom is 0.243 e. The summed E-state index contributed by atoms with van der Waals surface area (Å²) in [7, 11) is 0. The van der Waals surface area contributed by atoms with E-state index in [9.17, 15) is 4.79 Å². The first kappa shape index (κ1) is 13.8. The normalized spacial score (nSPS) is 12.2. The van der Waals surface area contributed by atoms with E-state index in [1.165, 1.54) is 6.08 Å². The Morgan fingerprint density at radius 2 is 2.30 bits per heavy atom. The summed E-state index contributed by atoms with van der Waals surface area (Å²) in [5.41, 5.74) is 8.95. The van der Waals surface area contributed by atoms with Gasteiger partial charge in [-0.25, -0.2) is 0 Å². The molecule has 2 rings (SSSR count). The molecular formula is C13H14N4O3. The lowest BCUT2D eigenvalue weighted by atomic mass is 10.2. The molecular weight excluding hydrogens is 260 g/mol. The minimum Gasteiger partial charge on any atom is -0.454 e. The predicted molar refractivity (Wildman–Crippen MR) is 73.2 cm³/mol. The van der Waals surface area contributed by atoms with Crippen molar-refractivity contribution in [3.63, 3.8) is 0 Å². The molecule has 1 aliphatic rings. The van der Waals surface area contributed by atoms with Crippen LogP contribution in [0.2, 0.25) is 0 Å². The highest BCUT2D eigenvalue weighted by molar-refractivity contribution is 5.91. The zero-order chi connectivity index (χ0) is 14.2. The molecule has 0 bridgehead atoms. The summed E-state index contributed by atoms with van der Waals surface area (Å²) in [6.07, 6.45) is 3.77. The maximum atomic E-state index is 11.5. The average molecular weight is 274 g/mol. The van der Waals surface area contributed by atoms with Gasteiger partial charge in [0, 0.05) is 24.1 Å². The highest BCUT2D eigenvalue weighted by Gasteiger charge is 2.12. The Morgan fingerprint density at radius 1 is 1.45 bits per heavy atom. The van der Waals surface area contributed by atoms with Crippen LogP contribution in [0.5, 0.6) is 11.5 Å². The Bertz CT molecular complexity index is 565. The summed E-state index contributed by atoms with van der Waals surface area (Å²) in [6, 6.07) is 5.46. The Labute approximate surface area is 115 Å². The zero-order valence-electron chi connectivity index (χ0n) is 10.8. The highest BCUT2D eigenvalue weighted by Crippen LogP contribution is 2.32. The van der Waals surface area contributed by atoms with Crippen molar-refractivity contribution < 1.29 is 14.3 Å². The first-order valence-electron chi connectivity index (χ1n) is 6.16. The van der Waals surface area contributed by atoms with Crippen LogP contribution < -0.4 is 14.8 Å². The van der Waals surface area contributed by atoms with Crippen molar-refractivity contribution in [1.82, 2.24) is 5.32 Å². The number of hydrogen-bond donors (Lipinski definition) is 1. The molecule has 0 unspecified atom stereocenters. The van der Waals surface area contributed by atoms with Gasteiger partial charge in [0.2, 0.25) is 12.7 Å². The van der Waals surface area contributed by atoms with Crippen molar-refractivity contribution in [2.75, 3.05) is 19.9 Å². The third kappa shape index (κ3) is 3.93. The molecule has 0 spiro atoms. The minimum absolute atomic E-state index is 0.191. The first-order valence-corrected chi connectivity index (χ1v) is 6.16. The molecule has 1 aliphatic heterocycles. The number of fused-ring (bicyclic) bond motifs is 1. The summed E-state index contributed by atoms with van der Waals surface area (Å²) in [5, 5.41) is 6.08. The van der Waals surface area contributed by atoms with Gasteiger partial charge in [0.1, 0.15) is 0 Å². The van der Waals surface area contributed by atoms with Gasteiger partial charge in [-0.1, -0.05) is 11.2 Å². The minimum atomic E-state index is -0.191. The topological polar surface area (TPSA) is 96.3 Å². The van der Waals surface area contributed by atoms with Gasteiger partial charge in [0.05, 0.1) is 0 Å². The highest BCUT2D eigenvalue weighted by atomic mass is 16.7. The van der Waals surface area contributed by atoms with Crippen molar-refractivity contribution in [1.29, 1.82) is 0 Å². The maximum absolute atomic E-state index is 11.5. The van der Waals surface area contributed by atoms with Gasteiger partial charge in [-0.2, -0.15) is 0 Å². The number of amides is 1. The van der Waals surface area contributed by atoms with Gasteiger partial charge in [0.25, 0.3) is 0 Å². The number of nitrogens with one attached hydrogen (secondary N) is 1. The molecule has 0 aromatic heterocycles. The van der Waals surface area contributed by atoms with Crippen LogP contribution in [0.1, 0.15) is 12.0 Å². The van der Waals surface area contributed by atoms with E-state index < -0.39 is 0 Å². The molecule has 1 aromatic rings. The van der Waals surface area contributed by atoms with E-state index >= 15 is 0 Å². The Morgan fingerprint density at radius 3 is 3.15 bits per heavy atom.